The van der Waals surface area contributed by atoms with Crippen molar-refractivity contribution < 1.29 is 0 Å². The van der Waals surface area contributed by atoms with Gasteiger partial charge in [-0.1, -0.05) is 15.9 Å². The second-order valence-electron chi connectivity index (χ2n) is 3.91. The van der Waals surface area contributed by atoms with E-state index in [0.717, 1.165) is 24.5 Å². The van der Waals surface area contributed by atoms with E-state index in [2.05, 4.69) is 32.1 Å². The van der Waals surface area contributed by atoms with E-state index in [1.807, 2.05) is 17.9 Å². The van der Waals surface area contributed by atoms with Crippen molar-refractivity contribution in [2.75, 3.05) is 11.9 Å². The molecule has 0 unspecified atom stereocenters. The average Bonchev–Trinajstić information content (AvgIpc) is 2.91. The Morgan fingerprint density at radius 1 is 1.64 bits per heavy atom. The van der Waals surface area contributed by atoms with E-state index >= 15 is 0 Å². The van der Waals surface area contributed by atoms with Gasteiger partial charge >= 0.3 is 0 Å². The van der Waals surface area contributed by atoms with E-state index in [1.54, 1.807) is 0 Å². The number of alkyl halides is 1. The average molecular weight is 258 g/mol. The molecular weight excluding hydrogens is 242 g/mol. The van der Waals surface area contributed by atoms with Crippen LogP contribution in [0.15, 0.2) is 12.4 Å². The van der Waals surface area contributed by atoms with Crippen molar-refractivity contribution in [3.8, 4) is 0 Å². The molecule has 1 aliphatic rings. The number of aromatic nitrogens is 2. The van der Waals surface area contributed by atoms with Gasteiger partial charge in [0.15, 0.2) is 0 Å². The fraction of sp³-hybridized carbons (Fsp3) is 0.700. The molecule has 3 nitrogen and oxygen atoms in total. The van der Waals surface area contributed by atoms with E-state index in [-0.39, 0.29) is 0 Å². The Labute approximate surface area is 93.2 Å². The third kappa shape index (κ3) is 2.58. The minimum atomic E-state index is 0.827. The van der Waals surface area contributed by atoms with Gasteiger partial charge in [-0.05, 0) is 12.8 Å². The van der Waals surface area contributed by atoms with Crippen LogP contribution in [0.1, 0.15) is 18.4 Å². The van der Waals surface area contributed by atoms with Crippen molar-refractivity contribution in [2.45, 2.75) is 25.4 Å². The number of nitrogens with zero attached hydrogens (tertiary/aromatic N) is 3. The predicted octanol–water partition coefficient (Wildman–Crippen LogP) is 1.78. The van der Waals surface area contributed by atoms with Gasteiger partial charge in [-0.2, -0.15) is 5.10 Å². The Kier molecular flexibility index (Phi) is 3.23. The minimum absolute atomic E-state index is 0.827. The maximum atomic E-state index is 4.19. The first-order valence-electron chi connectivity index (χ1n) is 5.07. The van der Waals surface area contributed by atoms with Crippen LogP contribution >= 0.6 is 15.9 Å². The topological polar surface area (TPSA) is 21.1 Å². The van der Waals surface area contributed by atoms with Gasteiger partial charge in [0.05, 0.1) is 6.20 Å². The van der Waals surface area contributed by atoms with Crippen LogP contribution in [0.5, 0.6) is 0 Å². The molecule has 0 aromatic carbocycles. The predicted molar refractivity (Wildman–Crippen MR) is 60.4 cm³/mol. The summed E-state index contributed by atoms with van der Waals surface area (Å²) < 4.78 is 1.87. The van der Waals surface area contributed by atoms with E-state index in [4.69, 9.17) is 0 Å². The smallest absolute Gasteiger partial charge is 0.0534 e. The van der Waals surface area contributed by atoms with E-state index in [0.29, 0.717) is 0 Å². The SMILES string of the molecule is Cn1cc(CN(CCBr)C2CC2)cn1. The lowest BCUT2D eigenvalue weighted by Crippen LogP contribution is -2.27. The highest BCUT2D eigenvalue weighted by molar-refractivity contribution is 9.09. The van der Waals surface area contributed by atoms with Crippen LogP contribution in [0.4, 0.5) is 0 Å². The molecule has 78 valence electrons. The Morgan fingerprint density at radius 2 is 2.43 bits per heavy atom. The first kappa shape index (κ1) is 10.2. The quantitative estimate of drug-likeness (QED) is 0.751. The highest BCUT2D eigenvalue weighted by Crippen LogP contribution is 2.28. The number of rotatable bonds is 5. The van der Waals surface area contributed by atoms with Gasteiger partial charge in [0.2, 0.25) is 0 Å². The summed E-state index contributed by atoms with van der Waals surface area (Å²) in [6.45, 7) is 2.18. The van der Waals surface area contributed by atoms with Crippen LogP contribution < -0.4 is 0 Å². The third-order valence-corrected chi connectivity index (χ3v) is 2.93. The highest BCUT2D eigenvalue weighted by atomic mass is 79.9. The Hall–Kier alpha value is -0.350. The van der Waals surface area contributed by atoms with Gasteiger partial charge in [0.25, 0.3) is 0 Å². The molecule has 1 aromatic rings. The summed E-state index contributed by atoms with van der Waals surface area (Å²) >= 11 is 3.50. The summed E-state index contributed by atoms with van der Waals surface area (Å²) in [7, 11) is 1.97. The molecule has 2 rings (SSSR count). The summed E-state index contributed by atoms with van der Waals surface area (Å²) in [5.74, 6) is 0. The Morgan fingerprint density at radius 3 is 2.93 bits per heavy atom. The normalized spacial score (nSPS) is 16.5. The molecule has 0 bridgehead atoms. The van der Waals surface area contributed by atoms with Crippen molar-refractivity contribution in [1.82, 2.24) is 14.7 Å². The zero-order valence-electron chi connectivity index (χ0n) is 8.49. The van der Waals surface area contributed by atoms with Crippen LogP contribution in [0, 0.1) is 0 Å². The van der Waals surface area contributed by atoms with E-state index in [1.165, 1.54) is 18.4 Å². The lowest BCUT2D eigenvalue weighted by atomic mass is 10.3. The zero-order chi connectivity index (χ0) is 9.97. The first-order valence-corrected chi connectivity index (χ1v) is 6.19. The summed E-state index contributed by atoms with van der Waals surface area (Å²) in [6, 6.07) is 0.827. The first-order chi connectivity index (χ1) is 6.79. The molecule has 1 aliphatic carbocycles. The van der Waals surface area contributed by atoms with Gasteiger partial charge in [-0.3, -0.25) is 9.58 Å². The number of halogens is 1. The highest BCUT2D eigenvalue weighted by Gasteiger charge is 2.28. The number of aryl methyl sites for hydroxylation is 1. The van der Waals surface area contributed by atoms with Crippen LogP contribution in [0.25, 0.3) is 0 Å². The van der Waals surface area contributed by atoms with Gasteiger partial charge in [-0.25, -0.2) is 0 Å². The van der Waals surface area contributed by atoms with Gasteiger partial charge in [0.1, 0.15) is 0 Å². The number of hydrogen-bond donors (Lipinski definition) is 0. The zero-order valence-corrected chi connectivity index (χ0v) is 10.1. The molecule has 0 radical (unpaired) electrons. The summed E-state index contributed by atoms with van der Waals surface area (Å²) in [4.78, 5) is 2.53. The standard InChI is InChI=1S/C10H16BrN3/c1-13-7-9(6-12-13)8-14(5-4-11)10-2-3-10/h6-7,10H,2-5,8H2,1H3. The lowest BCUT2D eigenvalue weighted by Gasteiger charge is -2.19. The maximum absolute atomic E-state index is 4.19. The molecule has 0 saturated heterocycles. The number of hydrogen-bond acceptors (Lipinski definition) is 2. The minimum Gasteiger partial charge on any atom is -0.295 e. The van der Waals surface area contributed by atoms with Gasteiger partial charge < -0.3 is 0 Å². The van der Waals surface area contributed by atoms with E-state index < -0.39 is 0 Å². The summed E-state index contributed by atoms with van der Waals surface area (Å²) in [6.07, 6.45) is 6.80. The summed E-state index contributed by atoms with van der Waals surface area (Å²) in [5.41, 5.74) is 1.32. The lowest BCUT2D eigenvalue weighted by molar-refractivity contribution is 0.272. The fourth-order valence-corrected chi connectivity index (χ4v) is 2.18. The molecular formula is C10H16BrN3. The monoisotopic (exact) mass is 257 g/mol. The maximum Gasteiger partial charge on any atom is 0.0534 e. The van der Waals surface area contributed by atoms with Crippen molar-refractivity contribution in [1.29, 1.82) is 0 Å². The fourth-order valence-electron chi connectivity index (χ4n) is 1.73. The molecule has 0 aliphatic heterocycles. The van der Waals surface area contributed by atoms with Gasteiger partial charge in [-0.15, -0.1) is 0 Å². The van der Waals surface area contributed by atoms with Crippen molar-refractivity contribution in [3.63, 3.8) is 0 Å². The van der Waals surface area contributed by atoms with Crippen LogP contribution in [0.2, 0.25) is 0 Å². The Bertz CT molecular complexity index is 293. The second-order valence-corrected chi connectivity index (χ2v) is 4.71. The van der Waals surface area contributed by atoms with Crippen LogP contribution in [0.3, 0.4) is 0 Å². The molecule has 1 saturated carbocycles. The van der Waals surface area contributed by atoms with Crippen molar-refractivity contribution in [3.05, 3.63) is 18.0 Å². The molecule has 1 heterocycles. The summed E-state index contributed by atoms with van der Waals surface area (Å²) in [5, 5.41) is 5.25. The molecule has 4 heteroatoms. The third-order valence-electron chi connectivity index (χ3n) is 2.58. The van der Waals surface area contributed by atoms with Crippen molar-refractivity contribution in [2.24, 2.45) is 7.05 Å². The largest absolute Gasteiger partial charge is 0.295 e. The molecule has 14 heavy (non-hydrogen) atoms. The molecule has 1 fully saturated rings. The molecule has 1 aromatic heterocycles. The van der Waals surface area contributed by atoms with Crippen molar-refractivity contribution >= 4 is 15.9 Å². The van der Waals surface area contributed by atoms with E-state index in [9.17, 15) is 0 Å². The Balaban J connectivity index is 1.92. The molecule has 0 atom stereocenters. The molecule has 0 N–H and O–H groups in total. The van der Waals surface area contributed by atoms with Crippen LogP contribution in [-0.2, 0) is 13.6 Å². The molecule has 0 amide bonds. The second kappa shape index (κ2) is 4.45. The molecule has 0 spiro atoms. The van der Waals surface area contributed by atoms with Crippen LogP contribution in [-0.4, -0.2) is 32.6 Å². The van der Waals surface area contributed by atoms with Gasteiger partial charge in [0, 0.05) is 43.3 Å².